The van der Waals surface area contributed by atoms with Crippen molar-refractivity contribution in [2.75, 3.05) is 13.1 Å². The number of aromatic nitrogens is 2. The summed E-state index contributed by atoms with van der Waals surface area (Å²) in [6, 6.07) is 11.7. The Balaban J connectivity index is 1.74. The molecule has 5 nitrogen and oxygen atoms in total. The number of hydrogen-bond donors (Lipinski definition) is 1. The normalized spacial score (nSPS) is 16.1. The van der Waals surface area contributed by atoms with Gasteiger partial charge in [-0.1, -0.05) is 30.3 Å². The summed E-state index contributed by atoms with van der Waals surface area (Å²) in [7, 11) is 0. The molecule has 0 spiro atoms. The molecule has 3 rings (SSSR count). The number of piperidine rings is 1. The van der Waals surface area contributed by atoms with E-state index in [1.54, 1.807) is 21.8 Å². The molecule has 110 valence electrons. The highest BCUT2D eigenvalue weighted by atomic mass is 16.3. The number of aliphatic hydroxyl groups excluding tert-OH is 1. The molecule has 2 aromatic rings. The van der Waals surface area contributed by atoms with Crippen molar-refractivity contribution in [2.45, 2.75) is 25.5 Å². The van der Waals surface area contributed by atoms with E-state index >= 15 is 0 Å². The molecule has 0 bridgehead atoms. The van der Waals surface area contributed by atoms with E-state index < -0.39 is 0 Å². The molecule has 1 N–H and O–H groups in total. The van der Waals surface area contributed by atoms with E-state index in [2.05, 4.69) is 5.10 Å². The Bertz CT molecular complexity index is 601. The molecule has 5 heteroatoms. The van der Waals surface area contributed by atoms with Crippen LogP contribution in [0.5, 0.6) is 0 Å². The number of aliphatic hydroxyl groups is 1. The van der Waals surface area contributed by atoms with Gasteiger partial charge < -0.3 is 10.0 Å². The van der Waals surface area contributed by atoms with E-state index in [0.29, 0.717) is 38.2 Å². The first-order chi connectivity index (χ1) is 10.2. The third-order valence-corrected chi connectivity index (χ3v) is 3.86. The smallest absolute Gasteiger partial charge is 0.272 e. The van der Waals surface area contributed by atoms with Crippen LogP contribution in [0.1, 0.15) is 28.9 Å². The average molecular weight is 285 g/mol. The summed E-state index contributed by atoms with van der Waals surface area (Å²) in [4.78, 5) is 14.4. The van der Waals surface area contributed by atoms with Gasteiger partial charge in [-0.3, -0.25) is 9.48 Å². The number of carbonyl (C=O) groups is 1. The van der Waals surface area contributed by atoms with Crippen LogP contribution in [0.2, 0.25) is 0 Å². The molecule has 21 heavy (non-hydrogen) atoms. The molecular weight excluding hydrogens is 266 g/mol. The standard InChI is InChI=1S/C16H19N3O2/c20-14-7-10-18(11-8-14)16(21)15-6-9-17-19(15)12-13-4-2-1-3-5-13/h1-6,9,14,20H,7-8,10-12H2. The lowest BCUT2D eigenvalue weighted by atomic mass is 10.1. The van der Waals surface area contributed by atoms with Crippen molar-refractivity contribution < 1.29 is 9.90 Å². The zero-order valence-electron chi connectivity index (χ0n) is 11.9. The van der Waals surface area contributed by atoms with Crippen LogP contribution in [-0.2, 0) is 6.54 Å². The molecule has 0 atom stereocenters. The summed E-state index contributed by atoms with van der Waals surface area (Å²) < 4.78 is 1.74. The van der Waals surface area contributed by atoms with Gasteiger partial charge in [0.05, 0.1) is 12.6 Å². The van der Waals surface area contributed by atoms with Crippen molar-refractivity contribution in [2.24, 2.45) is 0 Å². The largest absolute Gasteiger partial charge is 0.393 e. The molecule has 2 heterocycles. The maximum atomic E-state index is 12.6. The van der Waals surface area contributed by atoms with Crippen LogP contribution in [0.3, 0.4) is 0 Å². The molecule has 1 aliphatic rings. The zero-order chi connectivity index (χ0) is 14.7. The number of amides is 1. The maximum Gasteiger partial charge on any atom is 0.272 e. The van der Waals surface area contributed by atoms with Gasteiger partial charge in [0.2, 0.25) is 0 Å². The summed E-state index contributed by atoms with van der Waals surface area (Å²) in [6.07, 6.45) is 2.69. The summed E-state index contributed by atoms with van der Waals surface area (Å²) >= 11 is 0. The SMILES string of the molecule is O=C(c1ccnn1Cc1ccccc1)N1CCC(O)CC1. The van der Waals surface area contributed by atoms with Gasteiger partial charge in [0.15, 0.2) is 0 Å². The van der Waals surface area contributed by atoms with Crippen LogP contribution in [-0.4, -0.2) is 44.9 Å². The molecule has 1 saturated heterocycles. The molecule has 0 unspecified atom stereocenters. The van der Waals surface area contributed by atoms with Crippen LogP contribution < -0.4 is 0 Å². The van der Waals surface area contributed by atoms with Gasteiger partial charge in [0.1, 0.15) is 5.69 Å². The van der Waals surface area contributed by atoms with Crippen LogP contribution in [0.4, 0.5) is 0 Å². The second-order valence-electron chi connectivity index (χ2n) is 5.38. The monoisotopic (exact) mass is 285 g/mol. The first-order valence-electron chi connectivity index (χ1n) is 7.27. The number of nitrogens with zero attached hydrogens (tertiary/aromatic N) is 3. The van der Waals surface area contributed by atoms with Gasteiger partial charge in [-0.05, 0) is 24.5 Å². The average Bonchev–Trinajstić information content (AvgIpc) is 2.96. The number of rotatable bonds is 3. The van der Waals surface area contributed by atoms with Crippen molar-refractivity contribution in [3.63, 3.8) is 0 Å². The number of hydrogen-bond acceptors (Lipinski definition) is 3. The van der Waals surface area contributed by atoms with Gasteiger partial charge in [0.25, 0.3) is 5.91 Å². The molecule has 0 saturated carbocycles. The van der Waals surface area contributed by atoms with Gasteiger partial charge in [-0.25, -0.2) is 0 Å². The Morgan fingerprint density at radius 2 is 1.90 bits per heavy atom. The van der Waals surface area contributed by atoms with Crippen molar-refractivity contribution in [1.29, 1.82) is 0 Å². The minimum Gasteiger partial charge on any atom is -0.393 e. The minimum atomic E-state index is -0.275. The van der Waals surface area contributed by atoms with Crippen molar-refractivity contribution in [3.8, 4) is 0 Å². The Hall–Kier alpha value is -2.14. The lowest BCUT2D eigenvalue weighted by Gasteiger charge is -2.29. The molecule has 0 aliphatic carbocycles. The van der Waals surface area contributed by atoms with E-state index in [-0.39, 0.29) is 12.0 Å². The fourth-order valence-corrected chi connectivity index (χ4v) is 2.63. The number of likely N-dealkylation sites (tertiary alicyclic amines) is 1. The third-order valence-electron chi connectivity index (χ3n) is 3.86. The summed E-state index contributed by atoms with van der Waals surface area (Å²) in [5.74, 6) is -0.00432. The van der Waals surface area contributed by atoms with E-state index in [1.807, 2.05) is 30.3 Å². The molecule has 1 fully saturated rings. The van der Waals surface area contributed by atoms with Crippen LogP contribution in [0.15, 0.2) is 42.6 Å². The first kappa shape index (κ1) is 13.8. The summed E-state index contributed by atoms with van der Waals surface area (Å²) in [6.45, 7) is 1.80. The molecule has 1 aliphatic heterocycles. The van der Waals surface area contributed by atoms with Crippen molar-refractivity contribution in [3.05, 3.63) is 53.9 Å². The third kappa shape index (κ3) is 3.13. The Labute approximate surface area is 123 Å². The molecule has 0 radical (unpaired) electrons. The molecule has 1 aromatic carbocycles. The highest BCUT2D eigenvalue weighted by Gasteiger charge is 2.24. The highest BCUT2D eigenvalue weighted by Crippen LogP contribution is 2.14. The van der Waals surface area contributed by atoms with Crippen molar-refractivity contribution in [1.82, 2.24) is 14.7 Å². The van der Waals surface area contributed by atoms with Gasteiger partial charge in [0, 0.05) is 19.3 Å². The second kappa shape index (κ2) is 6.10. The second-order valence-corrected chi connectivity index (χ2v) is 5.38. The van der Waals surface area contributed by atoms with Gasteiger partial charge in [-0.2, -0.15) is 5.10 Å². The molecular formula is C16H19N3O2. The van der Waals surface area contributed by atoms with E-state index in [9.17, 15) is 9.90 Å². The van der Waals surface area contributed by atoms with Crippen LogP contribution in [0, 0.1) is 0 Å². The highest BCUT2D eigenvalue weighted by molar-refractivity contribution is 5.92. The topological polar surface area (TPSA) is 58.4 Å². The minimum absolute atomic E-state index is 0.00432. The lowest BCUT2D eigenvalue weighted by molar-refractivity contribution is 0.0536. The maximum absolute atomic E-state index is 12.6. The Kier molecular flexibility index (Phi) is 4.01. The fourth-order valence-electron chi connectivity index (χ4n) is 2.63. The number of benzene rings is 1. The molecule has 1 amide bonds. The predicted octanol–water partition coefficient (Wildman–Crippen LogP) is 1.53. The van der Waals surface area contributed by atoms with Crippen LogP contribution >= 0.6 is 0 Å². The lowest BCUT2D eigenvalue weighted by Crippen LogP contribution is -2.40. The first-order valence-corrected chi connectivity index (χ1v) is 7.27. The fraction of sp³-hybridized carbons (Fsp3) is 0.375. The summed E-state index contributed by atoms with van der Waals surface area (Å²) in [5.41, 5.74) is 1.72. The van der Waals surface area contributed by atoms with Gasteiger partial charge in [-0.15, -0.1) is 0 Å². The summed E-state index contributed by atoms with van der Waals surface area (Å²) in [5, 5.41) is 13.8. The Morgan fingerprint density at radius 1 is 1.19 bits per heavy atom. The number of carbonyl (C=O) groups excluding carboxylic acids is 1. The predicted molar refractivity (Wildman–Crippen MR) is 78.9 cm³/mol. The van der Waals surface area contributed by atoms with E-state index in [1.165, 1.54) is 0 Å². The van der Waals surface area contributed by atoms with E-state index in [0.717, 1.165) is 5.56 Å². The quantitative estimate of drug-likeness (QED) is 0.930. The van der Waals surface area contributed by atoms with E-state index in [4.69, 9.17) is 0 Å². The molecule has 1 aromatic heterocycles. The van der Waals surface area contributed by atoms with Gasteiger partial charge >= 0.3 is 0 Å². The van der Waals surface area contributed by atoms with Crippen LogP contribution in [0.25, 0.3) is 0 Å². The zero-order valence-corrected chi connectivity index (χ0v) is 11.9. The Morgan fingerprint density at radius 3 is 2.62 bits per heavy atom. The van der Waals surface area contributed by atoms with Crippen molar-refractivity contribution >= 4 is 5.91 Å².